The van der Waals surface area contributed by atoms with Crippen LogP contribution in [0.5, 0.6) is 0 Å². The summed E-state index contributed by atoms with van der Waals surface area (Å²) < 4.78 is 26.2. The van der Waals surface area contributed by atoms with Gasteiger partial charge in [-0.15, -0.1) is 0 Å². The first-order valence-electron chi connectivity index (χ1n) is 5.65. The summed E-state index contributed by atoms with van der Waals surface area (Å²) >= 11 is 17.6. The molecular weight excluding hydrogens is 333 g/mol. The zero-order valence-electron chi connectivity index (χ0n) is 9.81. The van der Waals surface area contributed by atoms with Crippen molar-refractivity contribution in [1.82, 2.24) is 4.31 Å². The third-order valence-electron chi connectivity index (χ3n) is 2.92. The number of piperidine rings is 1. The highest BCUT2D eigenvalue weighted by Crippen LogP contribution is 2.35. The van der Waals surface area contributed by atoms with Crippen LogP contribution in [0.25, 0.3) is 0 Å². The normalized spacial score (nSPS) is 21.6. The minimum absolute atomic E-state index is 0.0161. The van der Waals surface area contributed by atoms with Crippen LogP contribution in [0.4, 0.5) is 0 Å². The number of aliphatic hydroxyl groups is 1. The number of benzene rings is 1. The molecule has 1 saturated heterocycles. The highest BCUT2D eigenvalue weighted by atomic mass is 35.5. The van der Waals surface area contributed by atoms with E-state index in [1.54, 1.807) is 0 Å². The van der Waals surface area contributed by atoms with Crippen LogP contribution in [0.2, 0.25) is 15.1 Å². The van der Waals surface area contributed by atoms with E-state index in [2.05, 4.69) is 0 Å². The second-order valence-corrected chi connectivity index (χ2v) is 7.48. The summed E-state index contributed by atoms with van der Waals surface area (Å²) in [4.78, 5) is -0.158. The molecule has 0 aliphatic carbocycles. The lowest BCUT2D eigenvalue weighted by molar-refractivity contribution is 0.108. The first-order chi connectivity index (χ1) is 8.82. The van der Waals surface area contributed by atoms with Crippen LogP contribution in [0.3, 0.4) is 0 Å². The van der Waals surface area contributed by atoms with Crippen molar-refractivity contribution in [3.05, 3.63) is 27.2 Å². The second-order valence-electron chi connectivity index (χ2n) is 4.36. The molecule has 1 aliphatic heterocycles. The van der Waals surface area contributed by atoms with E-state index in [1.165, 1.54) is 16.4 Å². The Hall–Kier alpha value is -0.0400. The maximum atomic E-state index is 12.5. The van der Waals surface area contributed by atoms with Crippen LogP contribution in [0, 0.1) is 0 Å². The quantitative estimate of drug-likeness (QED) is 0.897. The molecule has 4 nitrogen and oxygen atoms in total. The molecule has 0 amide bonds. The van der Waals surface area contributed by atoms with E-state index >= 15 is 0 Å². The number of sulfonamides is 1. The Labute approximate surface area is 126 Å². The van der Waals surface area contributed by atoms with E-state index in [0.717, 1.165) is 0 Å². The van der Waals surface area contributed by atoms with Gasteiger partial charge >= 0.3 is 0 Å². The van der Waals surface area contributed by atoms with E-state index < -0.39 is 16.1 Å². The minimum Gasteiger partial charge on any atom is -0.392 e. The number of aliphatic hydroxyl groups excluding tert-OH is 1. The van der Waals surface area contributed by atoms with E-state index in [0.29, 0.717) is 19.4 Å². The van der Waals surface area contributed by atoms with Gasteiger partial charge in [-0.25, -0.2) is 8.42 Å². The molecule has 106 valence electrons. The van der Waals surface area contributed by atoms with Crippen LogP contribution in [0.1, 0.15) is 12.8 Å². The lowest BCUT2D eigenvalue weighted by atomic mass is 10.1. The maximum absolute atomic E-state index is 12.5. The molecule has 0 unspecified atom stereocenters. The Balaban J connectivity index is 2.45. The van der Waals surface area contributed by atoms with Crippen molar-refractivity contribution in [2.75, 3.05) is 13.1 Å². The molecule has 1 aromatic rings. The molecule has 1 atom stereocenters. The van der Waals surface area contributed by atoms with Crippen molar-refractivity contribution in [3.63, 3.8) is 0 Å². The molecule has 0 aromatic heterocycles. The molecule has 2 rings (SSSR count). The minimum atomic E-state index is -3.82. The molecule has 1 heterocycles. The molecular formula is C11H12Cl3NO3S. The van der Waals surface area contributed by atoms with Gasteiger partial charge < -0.3 is 5.11 Å². The van der Waals surface area contributed by atoms with Gasteiger partial charge in [0, 0.05) is 18.1 Å². The predicted octanol–water partition coefficient (Wildman–Crippen LogP) is 2.79. The summed E-state index contributed by atoms with van der Waals surface area (Å²) in [5.74, 6) is 0. The van der Waals surface area contributed by atoms with Gasteiger partial charge in [-0.05, 0) is 25.0 Å². The number of hydrogen-bond donors (Lipinski definition) is 1. The third kappa shape index (κ3) is 3.17. The number of hydrogen-bond acceptors (Lipinski definition) is 3. The zero-order valence-corrected chi connectivity index (χ0v) is 12.9. The van der Waals surface area contributed by atoms with Gasteiger partial charge in [-0.2, -0.15) is 4.31 Å². The molecule has 19 heavy (non-hydrogen) atoms. The fraction of sp³-hybridized carbons (Fsp3) is 0.455. The Morgan fingerprint density at radius 1 is 1.21 bits per heavy atom. The van der Waals surface area contributed by atoms with Crippen molar-refractivity contribution < 1.29 is 13.5 Å². The Bertz CT molecular complexity index is 568. The molecule has 0 radical (unpaired) electrons. The van der Waals surface area contributed by atoms with E-state index in [-0.39, 0.29) is 26.5 Å². The molecule has 0 saturated carbocycles. The summed E-state index contributed by atoms with van der Waals surface area (Å²) in [6.45, 7) is 0.395. The SMILES string of the molecule is O=S(=O)(c1c(Cl)cc(Cl)cc1Cl)N1CCC[C@H](O)C1. The second kappa shape index (κ2) is 5.76. The smallest absolute Gasteiger partial charge is 0.246 e. The molecule has 0 spiro atoms. The average Bonchev–Trinajstić information content (AvgIpc) is 2.26. The standard InChI is InChI=1S/C11H12Cl3NO3S/c12-7-4-9(13)11(10(14)5-7)19(17,18)15-3-1-2-8(16)6-15/h4-5,8,16H,1-3,6H2/t8-/m0/s1. The maximum Gasteiger partial charge on any atom is 0.246 e. The average molecular weight is 345 g/mol. The first-order valence-corrected chi connectivity index (χ1v) is 8.22. The largest absolute Gasteiger partial charge is 0.392 e. The Morgan fingerprint density at radius 3 is 2.32 bits per heavy atom. The summed E-state index contributed by atoms with van der Waals surface area (Å²) in [6, 6.07) is 2.67. The van der Waals surface area contributed by atoms with E-state index in [4.69, 9.17) is 34.8 Å². The number of nitrogens with zero attached hydrogens (tertiary/aromatic N) is 1. The van der Waals surface area contributed by atoms with Crippen LogP contribution >= 0.6 is 34.8 Å². The number of rotatable bonds is 2. The fourth-order valence-electron chi connectivity index (χ4n) is 2.04. The van der Waals surface area contributed by atoms with Gasteiger partial charge in [0.1, 0.15) is 4.90 Å². The Morgan fingerprint density at radius 2 is 1.79 bits per heavy atom. The number of β-amino-alcohol motifs (C(OH)–C–C–N with tert-alkyl or cyclic N) is 1. The topological polar surface area (TPSA) is 57.6 Å². The van der Waals surface area contributed by atoms with E-state index in [9.17, 15) is 13.5 Å². The van der Waals surface area contributed by atoms with Crippen LogP contribution in [0.15, 0.2) is 17.0 Å². The van der Waals surface area contributed by atoms with Crippen LogP contribution < -0.4 is 0 Å². The van der Waals surface area contributed by atoms with Crippen molar-refractivity contribution in [3.8, 4) is 0 Å². The lowest BCUT2D eigenvalue weighted by Gasteiger charge is -2.29. The lowest BCUT2D eigenvalue weighted by Crippen LogP contribution is -2.42. The highest BCUT2D eigenvalue weighted by molar-refractivity contribution is 7.89. The molecule has 0 bridgehead atoms. The predicted molar refractivity (Wildman–Crippen MR) is 75.5 cm³/mol. The molecule has 1 aliphatic rings. The highest BCUT2D eigenvalue weighted by Gasteiger charge is 2.32. The number of halogens is 3. The zero-order chi connectivity index (χ0) is 14.2. The van der Waals surface area contributed by atoms with Gasteiger partial charge in [0.15, 0.2) is 0 Å². The summed E-state index contributed by atoms with van der Waals surface area (Å²) in [6.07, 6.45) is 0.533. The van der Waals surface area contributed by atoms with Crippen LogP contribution in [-0.4, -0.2) is 37.0 Å². The van der Waals surface area contributed by atoms with Crippen LogP contribution in [-0.2, 0) is 10.0 Å². The molecule has 1 aromatic carbocycles. The molecule has 1 N–H and O–H groups in total. The van der Waals surface area contributed by atoms with E-state index in [1.807, 2.05) is 0 Å². The van der Waals surface area contributed by atoms with Crippen molar-refractivity contribution >= 4 is 44.8 Å². The van der Waals surface area contributed by atoms with Crippen molar-refractivity contribution in [1.29, 1.82) is 0 Å². The summed E-state index contributed by atoms with van der Waals surface area (Å²) in [7, 11) is -3.82. The van der Waals surface area contributed by atoms with Gasteiger partial charge in [0.25, 0.3) is 0 Å². The first kappa shape index (κ1) is 15.4. The third-order valence-corrected chi connectivity index (χ3v) is 5.93. The fourth-order valence-corrected chi connectivity index (χ4v) is 5.05. The van der Waals surface area contributed by atoms with Gasteiger partial charge in [0.05, 0.1) is 16.1 Å². The summed E-state index contributed by atoms with van der Waals surface area (Å²) in [5.41, 5.74) is 0. The molecule has 1 fully saturated rings. The molecule has 8 heteroatoms. The van der Waals surface area contributed by atoms with Crippen molar-refractivity contribution in [2.24, 2.45) is 0 Å². The van der Waals surface area contributed by atoms with Gasteiger partial charge in [0.2, 0.25) is 10.0 Å². The van der Waals surface area contributed by atoms with Gasteiger partial charge in [-0.3, -0.25) is 0 Å². The van der Waals surface area contributed by atoms with Crippen molar-refractivity contribution in [2.45, 2.75) is 23.8 Å². The summed E-state index contributed by atoms with van der Waals surface area (Å²) in [5, 5.41) is 9.82. The monoisotopic (exact) mass is 343 g/mol. The Kier molecular flexibility index (Phi) is 4.65. The van der Waals surface area contributed by atoms with Gasteiger partial charge in [-0.1, -0.05) is 34.8 Å².